The van der Waals surface area contributed by atoms with Crippen molar-refractivity contribution in [3.63, 3.8) is 0 Å². The molecule has 0 radical (unpaired) electrons. The van der Waals surface area contributed by atoms with E-state index in [1.807, 2.05) is 0 Å². The molecule has 0 spiro atoms. The molecule has 1 saturated carbocycles. The van der Waals surface area contributed by atoms with Crippen LogP contribution < -0.4 is 5.32 Å². The zero-order valence-electron chi connectivity index (χ0n) is 12.8. The van der Waals surface area contributed by atoms with Crippen LogP contribution in [0, 0.1) is 5.92 Å². The van der Waals surface area contributed by atoms with Gasteiger partial charge in [0, 0.05) is 31.2 Å². The Kier molecular flexibility index (Phi) is 4.36. The molecule has 3 rings (SSSR count). The lowest BCUT2D eigenvalue weighted by atomic mass is 9.99. The van der Waals surface area contributed by atoms with Gasteiger partial charge in [0.25, 0.3) is 0 Å². The lowest BCUT2D eigenvalue weighted by Gasteiger charge is -2.36. The summed E-state index contributed by atoms with van der Waals surface area (Å²) in [6, 6.07) is 5.77. The lowest BCUT2D eigenvalue weighted by molar-refractivity contribution is 0.152. The van der Waals surface area contributed by atoms with Crippen LogP contribution in [0.3, 0.4) is 0 Å². The van der Waals surface area contributed by atoms with E-state index in [-0.39, 0.29) is 17.5 Å². The molecule has 1 aliphatic heterocycles. The average Bonchev–Trinajstić information content (AvgIpc) is 3.28. The molecule has 21 heavy (non-hydrogen) atoms. The topological polar surface area (TPSA) is 55.7 Å². The first-order valence-corrected chi connectivity index (χ1v) is 8.12. The Morgan fingerprint density at radius 2 is 1.71 bits per heavy atom. The summed E-state index contributed by atoms with van der Waals surface area (Å²) < 4.78 is 0. The number of phenolic OH excluding ortho intramolecular Hbond substituents is 2. The Balaban J connectivity index is 1.52. The largest absolute Gasteiger partial charge is 0.508 e. The number of phenols is 2. The van der Waals surface area contributed by atoms with Gasteiger partial charge < -0.3 is 15.5 Å². The zero-order valence-corrected chi connectivity index (χ0v) is 12.8. The van der Waals surface area contributed by atoms with Crippen LogP contribution in [-0.2, 0) is 0 Å². The molecule has 2 aliphatic rings. The summed E-state index contributed by atoms with van der Waals surface area (Å²) in [6.45, 7) is 5.48. The van der Waals surface area contributed by atoms with Crippen molar-refractivity contribution in [2.24, 2.45) is 5.92 Å². The molecular weight excluding hydrogens is 264 g/mol. The number of likely N-dealkylation sites (tertiary alicyclic amines) is 1. The summed E-state index contributed by atoms with van der Waals surface area (Å²) in [5.41, 5.74) is 0.983. The fourth-order valence-corrected chi connectivity index (χ4v) is 3.22. The number of piperidine rings is 1. The lowest BCUT2D eigenvalue weighted by Crippen LogP contribution is -2.43. The maximum absolute atomic E-state index is 9.62. The Labute approximate surface area is 126 Å². The summed E-state index contributed by atoms with van der Waals surface area (Å²) in [7, 11) is 0. The predicted molar refractivity (Wildman–Crippen MR) is 83.5 cm³/mol. The first kappa shape index (κ1) is 14.7. The van der Waals surface area contributed by atoms with Gasteiger partial charge in [0.2, 0.25) is 0 Å². The standard InChI is InChI=1S/C17H26N2O2/c1-12(14-8-16(20)10-17(21)9-14)19-6-4-15(5-7-19)18-11-13-2-3-13/h8-10,12-13,15,18,20-21H,2-7,11H2,1H3. The number of hydrogen-bond acceptors (Lipinski definition) is 4. The van der Waals surface area contributed by atoms with Crippen molar-refractivity contribution in [2.75, 3.05) is 19.6 Å². The van der Waals surface area contributed by atoms with E-state index in [0.717, 1.165) is 24.6 Å². The van der Waals surface area contributed by atoms with Gasteiger partial charge in [-0.3, -0.25) is 4.90 Å². The number of rotatable bonds is 5. The van der Waals surface area contributed by atoms with E-state index in [9.17, 15) is 10.2 Å². The molecule has 4 nitrogen and oxygen atoms in total. The normalized spacial score (nSPS) is 22.3. The van der Waals surface area contributed by atoms with Crippen molar-refractivity contribution in [2.45, 2.75) is 44.7 Å². The SMILES string of the molecule is CC(c1cc(O)cc(O)c1)N1CCC(NCC2CC2)CC1. The zero-order chi connectivity index (χ0) is 14.8. The second kappa shape index (κ2) is 6.24. The van der Waals surface area contributed by atoms with Gasteiger partial charge in [-0.1, -0.05) is 0 Å². The maximum Gasteiger partial charge on any atom is 0.119 e. The van der Waals surface area contributed by atoms with Gasteiger partial charge in [0.1, 0.15) is 11.5 Å². The number of aromatic hydroxyl groups is 2. The average molecular weight is 290 g/mol. The third kappa shape index (κ3) is 3.89. The molecule has 0 aromatic heterocycles. The number of benzene rings is 1. The van der Waals surface area contributed by atoms with Gasteiger partial charge in [0.05, 0.1) is 0 Å². The Hall–Kier alpha value is -1.26. The maximum atomic E-state index is 9.62. The third-order valence-corrected chi connectivity index (χ3v) is 4.88. The van der Waals surface area contributed by atoms with Gasteiger partial charge in [-0.25, -0.2) is 0 Å². The number of nitrogens with zero attached hydrogens (tertiary/aromatic N) is 1. The van der Waals surface area contributed by atoms with E-state index in [4.69, 9.17) is 0 Å². The summed E-state index contributed by atoms with van der Waals surface area (Å²) >= 11 is 0. The van der Waals surface area contributed by atoms with Crippen LogP contribution in [0.15, 0.2) is 18.2 Å². The molecule has 1 aromatic carbocycles. The van der Waals surface area contributed by atoms with Gasteiger partial charge in [-0.05, 0) is 62.8 Å². The Bertz CT molecular complexity index is 459. The van der Waals surface area contributed by atoms with Crippen molar-refractivity contribution < 1.29 is 10.2 Å². The third-order valence-electron chi connectivity index (χ3n) is 4.88. The van der Waals surface area contributed by atoms with Crippen molar-refractivity contribution in [1.29, 1.82) is 0 Å². The van der Waals surface area contributed by atoms with E-state index < -0.39 is 0 Å². The highest BCUT2D eigenvalue weighted by atomic mass is 16.3. The van der Waals surface area contributed by atoms with E-state index >= 15 is 0 Å². The van der Waals surface area contributed by atoms with Gasteiger partial charge in [-0.15, -0.1) is 0 Å². The molecule has 1 heterocycles. The van der Waals surface area contributed by atoms with Crippen molar-refractivity contribution in [3.05, 3.63) is 23.8 Å². The smallest absolute Gasteiger partial charge is 0.119 e. The van der Waals surface area contributed by atoms with Crippen LogP contribution in [0.2, 0.25) is 0 Å². The van der Waals surface area contributed by atoms with Crippen LogP contribution in [0.5, 0.6) is 11.5 Å². The molecule has 1 atom stereocenters. The van der Waals surface area contributed by atoms with Crippen molar-refractivity contribution >= 4 is 0 Å². The number of hydrogen-bond donors (Lipinski definition) is 3. The monoisotopic (exact) mass is 290 g/mol. The number of nitrogens with one attached hydrogen (secondary N) is 1. The van der Waals surface area contributed by atoms with Crippen LogP contribution in [-0.4, -0.2) is 40.8 Å². The Morgan fingerprint density at radius 3 is 2.29 bits per heavy atom. The fraction of sp³-hybridized carbons (Fsp3) is 0.647. The Morgan fingerprint density at radius 1 is 1.10 bits per heavy atom. The molecule has 1 aromatic rings. The minimum Gasteiger partial charge on any atom is -0.508 e. The van der Waals surface area contributed by atoms with E-state index in [1.165, 1.54) is 38.3 Å². The molecule has 1 unspecified atom stereocenters. The molecule has 2 fully saturated rings. The first-order chi connectivity index (χ1) is 10.1. The van der Waals surface area contributed by atoms with Crippen LogP contribution in [0.1, 0.15) is 44.2 Å². The molecule has 0 bridgehead atoms. The van der Waals surface area contributed by atoms with Gasteiger partial charge in [0.15, 0.2) is 0 Å². The van der Waals surface area contributed by atoms with Crippen LogP contribution in [0.4, 0.5) is 0 Å². The second-order valence-electron chi connectivity index (χ2n) is 6.62. The minimum absolute atomic E-state index is 0.137. The molecule has 4 heteroatoms. The highest BCUT2D eigenvalue weighted by Gasteiger charge is 2.26. The predicted octanol–water partition coefficient (Wildman–Crippen LogP) is 2.62. The fourth-order valence-electron chi connectivity index (χ4n) is 3.22. The van der Waals surface area contributed by atoms with E-state index in [1.54, 1.807) is 12.1 Å². The molecule has 1 saturated heterocycles. The van der Waals surface area contributed by atoms with E-state index in [2.05, 4.69) is 17.1 Å². The van der Waals surface area contributed by atoms with E-state index in [0.29, 0.717) is 6.04 Å². The van der Waals surface area contributed by atoms with Crippen molar-refractivity contribution in [3.8, 4) is 11.5 Å². The summed E-state index contributed by atoms with van der Waals surface area (Å²) in [5, 5.41) is 22.9. The van der Waals surface area contributed by atoms with Crippen LogP contribution >= 0.6 is 0 Å². The summed E-state index contributed by atoms with van der Waals surface area (Å²) in [4.78, 5) is 2.43. The second-order valence-corrected chi connectivity index (χ2v) is 6.62. The van der Waals surface area contributed by atoms with Gasteiger partial charge >= 0.3 is 0 Å². The molecule has 0 amide bonds. The van der Waals surface area contributed by atoms with Crippen LogP contribution in [0.25, 0.3) is 0 Å². The highest BCUT2D eigenvalue weighted by molar-refractivity contribution is 5.38. The van der Waals surface area contributed by atoms with Crippen molar-refractivity contribution in [1.82, 2.24) is 10.2 Å². The highest BCUT2D eigenvalue weighted by Crippen LogP contribution is 2.31. The minimum atomic E-state index is 0.137. The molecular formula is C17H26N2O2. The first-order valence-electron chi connectivity index (χ1n) is 8.12. The van der Waals surface area contributed by atoms with Gasteiger partial charge in [-0.2, -0.15) is 0 Å². The molecule has 1 aliphatic carbocycles. The molecule has 3 N–H and O–H groups in total. The summed E-state index contributed by atoms with van der Waals surface area (Å²) in [5.74, 6) is 1.22. The quantitative estimate of drug-likeness (QED) is 0.780. The molecule has 116 valence electrons. The summed E-state index contributed by atoms with van der Waals surface area (Å²) in [6.07, 6.45) is 5.18.